The average molecular weight is 328 g/mol. The Balaban J connectivity index is 3.21. The Morgan fingerprint density at radius 1 is 0.938 bits per heavy atom. The molecule has 0 saturated carbocycles. The second kappa shape index (κ2) is 9.96. The van der Waals surface area contributed by atoms with Crippen LogP contribution in [0.4, 0.5) is 0 Å². The maximum absolute atomic E-state index is 6.37. The normalized spacial score (nSPS) is 14.1. The van der Waals surface area contributed by atoms with Crippen LogP contribution in [0.25, 0.3) is 0 Å². The predicted octanol–water partition coefficient (Wildman–Crippen LogP) is 6.26. The standard InChI is InChI=1S/C13H28BrClSi/c1-4-5-6-7-8-9-10-11-12-13(14)16(2,3)15/h13H,4-12H2,1-3H3. The molecular weight excluding hydrogens is 300 g/mol. The summed E-state index contributed by atoms with van der Waals surface area (Å²) in [7, 11) is -1.46. The molecule has 1 unspecified atom stereocenters. The van der Waals surface area contributed by atoms with Crippen LogP contribution in [-0.4, -0.2) is 11.8 Å². The maximum Gasteiger partial charge on any atom is 0.163 e. The molecule has 0 nitrogen and oxygen atoms in total. The smallest absolute Gasteiger partial charge is 0.163 e. The van der Waals surface area contributed by atoms with Gasteiger partial charge in [-0.3, -0.25) is 0 Å². The lowest BCUT2D eigenvalue weighted by atomic mass is 10.1. The van der Waals surface area contributed by atoms with E-state index in [9.17, 15) is 0 Å². The number of alkyl halides is 1. The largest absolute Gasteiger partial charge is 0.166 e. The fourth-order valence-electron chi connectivity index (χ4n) is 1.80. The van der Waals surface area contributed by atoms with Crippen LogP contribution >= 0.6 is 27.0 Å². The highest BCUT2D eigenvalue weighted by atomic mass is 79.9. The zero-order chi connectivity index (χ0) is 12.4. The van der Waals surface area contributed by atoms with Crippen LogP contribution in [0.3, 0.4) is 0 Å². The summed E-state index contributed by atoms with van der Waals surface area (Å²) in [6.07, 6.45) is 12.4. The molecule has 0 aliphatic heterocycles. The van der Waals surface area contributed by atoms with E-state index in [1.165, 1.54) is 57.8 Å². The molecule has 0 aliphatic carbocycles. The number of unbranched alkanes of at least 4 members (excludes halogenated alkanes) is 7. The number of rotatable bonds is 10. The fraction of sp³-hybridized carbons (Fsp3) is 1.00. The van der Waals surface area contributed by atoms with Crippen molar-refractivity contribution in [3.63, 3.8) is 0 Å². The molecule has 0 aromatic rings. The zero-order valence-electron chi connectivity index (χ0n) is 11.2. The first-order valence-electron chi connectivity index (χ1n) is 6.81. The van der Waals surface area contributed by atoms with Crippen molar-refractivity contribution in [2.75, 3.05) is 0 Å². The minimum absolute atomic E-state index is 0.585. The van der Waals surface area contributed by atoms with Crippen LogP contribution in [0.1, 0.15) is 64.7 Å². The first kappa shape index (κ1) is 17.0. The van der Waals surface area contributed by atoms with Gasteiger partial charge < -0.3 is 0 Å². The van der Waals surface area contributed by atoms with Gasteiger partial charge in [0.05, 0.1) is 0 Å². The highest BCUT2D eigenvalue weighted by Gasteiger charge is 2.26. The van der Waals surface area contributed by atoms with Crippen molar-refractivity contribution in [1.29, 1.82) is 0 Å². The third kappa shape index (κ3) is 10.2. The Kier molecular flexibility index (Phi) is 10.6. The number of hydrogen-bond acceptors (Lipinski definition) is 0. The van der Waals surface area contributed by atoms with Gasteiger partial charge in [-0.1, -0.05) is 87.3 Å². The molecule has 0 bridgehead atoms. The summed E-state index contributed by atoms with van der Waals surface area (Å²) in [6.45, 7) is 6.71. The first-order valence-corrected chi connectivity index (χ1v) is 11.8. The molecular formula is C13H28BrClSi. The van der Waals surface area contributed by atoms with Gasteiger partial charge in [-0.05, 0) is 6.42 Å². The minimum Gasteiger partial charge on any atom is -0.166 e. The van der Waals surface area contributed by atoms with Gasteiger partial charge >= 0.3 is 0 Å². The molecule has 0 aliphatic rings. The van der Waals surface area contributed by atoms with E-state index in [0.717, 1.165) is 0 Å². The topological polar surface area (TPSA) is 0 Å². The van der Waals surface area contributed by atoms with Gasteiger partial charge in [-0.25, -0.2) is 0 Å². The fourth-order valence-corrected chi connectivity index (χ4v) is 3.34. The maximum atomic E-state index is 6.37. The molecule has 1 atom stereocenters. The summed E-state index contributed by atoms with van der Waals surface area (Å²) < 4.78 is 0.585. The minimum atomic E-state index is -1.46. The molecule has 98 valence electrons. The predicted molar refractivity (Wildman–Crippen MR) is 83.3 cm³/mol. The van der Waals surface area contributed by atoms with Crippen molar-refractivity contribution in [3.8, 4) is 0 Å². The molecule has 0 rings (SSSR count). The van der Waals surface area contributed by atoms with Crippen molar-refractivity contribution < 1.29 is 0 Å². The Morgan fingerprint density at radius 3 is 1.81 bits per heavy atom. The highest BCUT2D eigenvalue weighted by molar-refractivity contribution is 9.10. The van der Waals surface area contributed by atoms with Gasteiger partial charge in [0.25, 0.3) is 0 Å². The number of halogens is 2. The molecule has 0 aromatic heterocycles. The summed E-state index contributed by atoms with van der Waals surface area (Å²) in [6, 6.07) is 0. The van der Waals surface area contributed by atoms with Crippen molar-refractivity contribution in [2.45, 2.75) is 82.3 Å². The van der Waals surface area contributed by atoms with Gasteiger partial charge in [0.2, 0.25) is 0 Å². The molecule has 0 radical (unpaired) electrons. The molecule has 0 heterocycles. The van der Waals surface area contributed by atoms with E-state index in [1.807, 2.05) is 0 Å². The Labute approximate surface area is 116 Å². The summed E-state index contributed by atoms with van der Waals surface area (Å²) in [5.74, 6) is 0. The molecule has 0 N–H and O–H groups in total. The van der Waals surface area contributed by atoms with E-state index in [2.05, 4.69) is 35.9 Å². The lowest BCUT2D eigenvalue weighted by molar-refractivity contribution is 0.570. The van der Waals surface area contributed by atoms with E-state index in [0.29, 0.717) is 4.45 Å². The van der Waals surface area contributed by atoms with Crippen LogP contribution in [0, 0.1) is 0 Å². The molecule has 16 heavy (non-hydrogen) atoms. The van der Waals surface area contributed by atoms with E-state index in [4.69, 9.17) is 11.1 Å². The Morgan fingerprint density at radius 2 is 1.38 bits per heavy atom. The van der Waals surface area contributed by atoms with E-state index in [-0.39, 0.29) is 0 Å². The van der Waals surface area contributed by atoms with Crippen LogP contribution < -0.4 is 0 Å². The van der Waals surface area contributed by atoms with Crippen LogP contribution in [-0.2, 0) is 0 Å². The Bertz CT molecular complexity index is 157. The molecule has 0 spiro atoms. The summed E-state index contributed by atoms with van der Waals surface area (Å²) in [5, 5.41) is 0. The first-order chi connectivity index (χ1) is 7.48. The second-order valence-corrected chi connectivity index (χ2v) is 14.0. The zero-order valence-corrected chi connectivity index (χ0v) is 14.5. The lowest BCUT2D eigenvalue weighted by Crippen LogP contribution is -2.30. The van der Waals surface area contributed by atoms with Crippen molar-refractivity contribution in [3.05, 3.63) is 0 Å². The highest BCUT2D eigenvalue weighted by Crippen LogP contribution is 2.25. The van der Waals surface area contributed by atoms with Crippen LogP contribution in [0.5, 0.6) is 0 Å². The van der Waals surface area contributed by atoms with Gasteiger partial charge in [0.1, 0.15) is 0 Å². The second-order valence-electron chi connectivity index (χ2n) is 5.30. The van der Waals surface area contributed by atoms with Crippen LogP contribution in [0.15, 0.2) is 0 Å². The van der Waals surface area contributed by atoms with E-state index in [1.54, 1.807) is 0 Å². The Hall–Kier alpha value is 0.987. The van der Waals surface area contributed by atoms with Crippen molar-refractivity contribution in [2.24, 2.45) is 0 Å². The summed E-state index contributed by atoms with van der Waals surface area (Å²) in [4.78, 5) is 0. The molecule has 0 aromatic carbocycles. The van der Waals surface area contributed by atoms with Crippen molar-refractivity contribution >= 4 is 34.4 Å². The quantitative estimate of drug-likeness (QED) is 0.192. The lowest BCUT2D eigenvalue weighted by Gasteiger charge is -2.20. The SMILES string of the molecule is CCCCCCCCCCC(Br)[Si](C)(C)Cl. The van der Waals surface area contributed by atoms with E-state index >= 15 is 0 Å². The van der Waals surface area contributed by atoms with Gasteiger partial charge in [-0.15, -0.1) is 0 Å². The third-order valence-electron chi connectivity index (χ3n) is 3.06. The molecule has 3 heteroatoms. The summed E-state index contributed by atoms with van der Waals surface area (Å²) in [5.41, 5.74) is 0. The molecule has 0 amide bonds. The van der Waals surface area contributed by atoms with Gasteiger partial charge in [0, 0.05) is 4.45 Å². The number of hydrogen-bond donors (Lipinski definition) is 0. The molecule has 0 saturated heterocycles. The monoisotopic (exact) mass is 326 g/mol. The third-order valence-corrected chi connectivity index (χ3v) is 10.3. The van der Waals surface area contributed by atoms with Gasteiger partial charge in [0.15, 0.2) is 7.38 Å². The van der Waals surface area contributed by atoms with Crippen molar-refractivity contribution in [1.82, 2.24) is 0 Å². The van der Waals surface area contributed by atoms with Gasteiger partial charge in [-0.2, -0.15) is 11.1 Å². The van der Waals surface area contributed by atoms with E-state index < -0.39 is 7.38 Å². The average Bonchev–Trinajstić information content (AvgIpc) is 2.20. The van der Waals surface area contributed by atoms with Crippen LogP contribution in [0.2, 0.25) is 13.1 Å². The summed E-state index contributed by atoms with van der Waals surface area (Å²) >= 11 is 10.1. The molecule has 0 fully saturated rings.